The van der Waals surface area contributed by atoms with Crippen molar-refractivity contribution in [1.82, 2.24) is 20.3 Å². The minimum Gasteiger partial charge on any atom is -0.448 e. The fraction of sp³-hybridized carbons (Fsp3) is 0.429. The summed E-state index contributed by atoms with van der Waals surface area (Å²) in [5, 5.41) is 3.01. The van der Waals surface area contributed by atoms with Gasteiger partial charge < -0.3 is 14.6 Å². The maximum Gasteiger partial charge on any atom is 0.273 e. The molecule has 0 aromatic carbocycles. The average molecular weight is 287 g/mol. The van der Waals surface area contributed by atoms with Gasteiger partial charge in [-0.3, -0.25) is 9.78 Å². The van der Waals surface area contributed by atoms with Gasteiger partial charge in [0.25, 0.3) is 5.91 Å². The second kappa shape index (κ2) is 5.90. The Morgan fingerprint density at radius 3 is 3.05 bits per heavy atom. The Morgan fingerprint density at radius 1 is 1.43 bits per heavy atom. The molecule has 21 heavy (non-hydrogen) atoms. The van der Waals surface area contributed by atoms with Crippen molar-refractivity contribution in [3.05, 3.63) is 36.4 Å². The summed E-state index contributed by atoms with van der Waals surface area (Å²) < 4.78 is 5.06. The van der Waals surface area contributed by atoms with Crippen LogP contribution in [0.3, 0.4) is 0 Å². The number of piperidine rings is 1. The minimum absolute atomic E-state index is 0.0735. The molecule has 0 aliphatic carbocycles. The molecule has 7 heteroatoms. The van der Waals surface area contributed by atoms with Crippen LogP contribution in [-0.4, -0.2) is 40.0 Å². The van der Waals surface area contributed by atoms with Crippen molar-refractivity contribution in [1.29, 1.82) is 0 Å². The third-order valence-electron chi connectivity index (χ3n) is 3.59. The zero-order valence-corrected chi connectivity index (χ0v) is 11.8. The van der Waals surface area contributed by atoms with Gasteiger partial charge in [-0.15, -0.1) is 0 Å². The van der Waals surface area contributed by atoms with Crippen molar-refractivity contribution >= 4 is 11.7 Å². The molecule has 1 atom stereocenters. The average Bonchev–Trinajstić information content (AvgIpc) is 2.95. The molecular weight excluding hydrogens is 270 g/mol. The summed E-state index contributed by atoms with van der Waals surface area (Å²) in [6.07, 6.45) is 8.30. The fourth-order valence-corrected chi connectivity index (χ4v) is 2.53. The minimum atomic E-state index is -0.188. The van der Waals surface area contributed by atoms with Gasteiger partial charge in [0.1, 0.15) is 11.6 Å². The number of amides is 1. The predicted octanol–water partition coefficient (Wildman–Crippen LogP) is 1.17. The second-order valence-corrected chi connectivity index (χ2v) is 5.08. The Hall–Kier alpha value is -2.44. The van der Waals surface area contributed by atoms with E-state index in [0.717, 1.165) is 31.7 Å². The normalized spacial score (nSPS) is 18.5. The first kappa shape index (κ1) is 13.5. The van der Waals surface area contributed by atoms with Crippen molar-refractivity contribution < 1.29 is 9.21 Å². The molecule has 2 aromatic rings. The van der Waals surface area contributed by atoms with Crippen LogP contribution >= 0.6 is 0 Å². The number of carbonyl (C=O) groups excluding carboxylic acids is 1. The van der Waals surface area contributed by atoms with E-state index in [4.69, 9.17) is 4.42 Å². The molecule has 3 heterocycles. The van der Waals surface area contributed by atoms with E-state index in [1.165, 1.54) is 6.39 Å². The van der Waals surface area contributed by atoms with Gasteiger partial charge in [-0.25, -0.2) is 9.97 Å². The van der Waals surface area contributed by atoms with E-state index >= 15 is 0 Å². The molecule has 1 fully saturated rings. The van der Waals surface area contributed by atoms with E-state index in [1.54, 1.807) is 25.5 Å². The number of aromatic nitrogens is 3. The Bertz CT molecular complexity index is 613. The molecule has 0 bridgehead atoms. The SMILES string of the molecule is Cc1ocnc1C(=O)N[C@@H]1CCCN(c2cnccn2)C1. The topological polar surface area (TPSA) is 84.2 Å². The molecule has 110 valence electrons. The lowest BCUT2D eigenvalue weighted by Crippen LogP contribution is -2.48. The highest BCUT2D eigenvalue weighted by Gasteiger charge is 2.24. The lowest BCUT2D eigenvalue weighted by molar-refractivity contribution is 0.0927. The number of nitrogens with zero attached hydrogens (tertiary/aromatic N) is 4. The molecule has 1 saturated heterocycles. The number of oxazole rings is 1. The van der Waals surface area contributed by atoms with Crippen LogP contribution in [0.1, 0.15) is 29.1 Å². The van der Waals surface area contributed by atoms with Crippen LogP contribution in [0.25, 0.3) is 0 Å². The van der Waals surface area contributed by atoms with E-state index in [9.17, 15) is 4.79 Å². The van der Waals surface area contributed by atoms with Gasteiger partial charge in [-0.05, 0) is 19.8 Å². The van der Waals surface area contributed by atoms with Crippen molar-refractivity contribution in [2.24, 2.45) is 0 Å². The van der Waals surface area contributed by atoms with Crippen LogP contribution in [-0.2, 0) is 0 Å². The molecule has 1 aliphatic heterocycles. The summed E-state index contributed by atoms with van der Waals surface area (Å²) in [5.74, 6) is 1.19. The number of nitrogens with one attached hydrogen (secondary N) is 1. The molecule has 1 aliphatic rings. The first-order chi connectivity index (χ1) is 10.2. The lowest BCUT2D eigenvalue weighted by atomic mass is 10.1. The molecule has 1 amide bonds. The van der Waals surface area contributed by atoms with Gasteiger partial charge >= 0.3 is 0 Å². The standard InChI is InChI=1S/C14H17N5O2/c1-10-13(17-9-21-10)14(20)18-11-3-2-6-19(8-11)12-7-15-4-5-16-12/h4-5,7,9,11H,2-3,6,8H2,1H3,(H,18,20)/t11-/m1/s1. The lowest BCUT2D eigenvalue weighted by Gasteiger charge is -2.33. The molecule has 1 N–H and O–H groups in total. The Labute approximate surface area is 122 Å². The first-order valence-corrected chi connectivity index (χ1v) is 6.96. The summed E-state index contributed by atoms with van der Waals surface area (Å²) in [6.45, 7) is 3.38. The summed E-state index contributed by atoms with van der Waals surface area (Å²) >= 11 is 0. The largest absolute Gasteiger partial charge is 0.448 e. The summed E-state index contributed by atoms with van der Waals surface area (Å²) in [5.41, 5.74) is 0.353. The number of carbonyl (C=O) groups is 1. The van der Waals surface area contributed by atoms with Gasteiger partial charge in [-0.2, -0.15) is 0 Å². The van der Waals surface area contributed by atoms with E-state index in [-0.39, 0.29) is 11.9 Å². The molecule has 3 rings (SSSR count). The number of rotatable bonds is 3. The summed E-state index contributed by atoms with van der Waals surface area (Å²) in [7, 11) is 0. The third-order valence-corrected chi connectivity index (χ3v) is 3.59. The number of hydrogen-bond donors (Lipinski definition) is 1. The maximum atomic E-state index is 12.2. The maximum absolute atomic E-state index is 12.2. The van der Waals surface area contributed by atoms with Crippen LogP contribution in [0, 0.1) is 6.92 Å². The van der Waals surface area contributed by atoms with E-state index in [0.29, 0.717) is 11.5 Å². The fourth-order valence-electron chi connectivity index (χ4n) is 2.53. The third kappa shape index (κ3) is 3.01. The quantitative estimate of drug-likeness (QED) is 0.912. The summed E-state index contributed by atoms with van der Waals surface area (Å²) in [6, 6.07) is 0.0735. The van der Waals surface area contributed by atoms with E-state index in [1.807, 2.05) is 0 Å². The highest BCUT2D eigenvalue weighted by atomic mass is 16.3. The van der Waals surface area contributed by atoms with Gasteiger partial charge in [0, 0.05) is 31.5 Å². The van der Waals surface area contributed by atoms with Crippen molar-refractivity contribution in [3.8, 4) is 0 Å². The van der Waals surface area contributed by atoms with Gasteiger partial charge in [0.2, 0.25) is 0 Å². The number of anilines is 1. The molecule has 0 unspecified atom stereocenters. The van der Waals surface area contributed by atoms with Gasteiger partial charge in [0.15, 0.2) is 12.1 Å². The molecule has 0 radical (unpaired) electrons. The molecule has 2 aromatic heterocycles. The number of aryl methyl sites for hydroxylation is 1. The van der Waals surface area contributed by atoms with Crippen molar-refractivity contribution in [3.63, 3.8) is 0 Å². The highest BCUT2D eigenvalue weighted by molar-refractivity contribution is 5.93. The van der Waals surface area contributed by atoms with Crippen molar-refractivity contribution in [2.75, 3.05) is 18.0 Å². The van der Waals surface area contributed by atoms with E-state index < -0.39 is 0 Å². The smallest absolute Gasteiger partial charge is 0.273 e. The van der Waals surface area contributed by atoms with Crippen LogP contribution in [0.2, 0.25) is 0 Å². The predicted molar refractivity (Wildman–Crippen MR) is 76.0 cm³/mol. The monoisotopic (exact) mass is 287 g/mol. The zero-order valence-electron chi connectivity index (χ0n) is 11.8. The Morgan fingerprint density at radius 2 is 2.33 bits per heavy atom. The molecular formula is C14H17N5O2. The van der Waals surface area contributed by atoms with E-state index in [2.05, 4.69) is 25.2 Å². The first-order valence-electron chi connectivity index (χ1n) is 6.96. The molecule has 7 nitrogen and oxygen atoms in total. The Balaban J connectivity index is 1.64. The van der Waals surface area contributed by atoms with Gasteiger partial charge in [0.05, 0.1) is 6.20 Å². The zero-order chi connectivity index (χ0) is 14.7. The second-order valence-electron chi connectivity index (χ2n) is 5.08. The van der Waals surface area contributed by atoms with Crippen LogP contribution in [0.15, 0.2) is 29.4 Å². The van der Waals surface area contributed by atoms with Crippen LogP contribution < -0.4 is 10.2 Å². The molecule has 0 spiro atoms. The van der Waals surface area contributed by atoms with Crippen molar-refractivity contribution in [2.45, 2.75) is 25.8 Å². The highest BCUT2D eigenvalue weighted by Crippen LogP contribution is 2.17. The van der Waals surface area contributed by atoms with Crippen LogP contribution in [0.5, 0.6) is 0 Å². The Kier molecular flexibility index (Phi) is 3.81. The number of hydrogen-bond acceptors (Lipinski definition) is 6. The van der Waals surface area contributed by atoms with Gasteiger partial charge in [-0.1, -0.05) is 0 Å². The summed E-state index contributed by atoms with van der Waals surface area (Å²) in [4.78, 5) is 26.6. The van der Waals surface area contributed by atoms with Crippen LogP contribution in [0.4, 0.5) is 5.82 Å². The molecule has 0 saturated carbocycles.